The zero-order valence-electron chi connectivity index (χ0n) is 14.5. The fourth-order valence-electron chi connectivity index (χ4n) is 2.91. The largest absolute Gasteiger partial charge is 0.497 e. The Labute approximate surface area is 159 Å². The predicted molar refractivity (Wildman–Crippen MR) is 105 cm³/mol. The first-order valence-electron chi connectivity index (χ1n) is 8.31. The van der Waals surface area contributed by atoms with Crippen LogP contribution in [-0.2, 0) is 0 Å². The zero-order chi connectivity index (χ0) is 18.8. The Kier molecular flexibility index (Phi) is 4.45. The molecule has 4 aromatic rings. The third-order valence-corrected chi connectivity index (χ3v) is 5.23. The van der Waals surface area contributed by atoms with E-state index in [0.29, 0.717) is 16.5 Å². The maximum Gasteiger partial charge on any atom is 0.203 e. The van der Waals surface area contributed by atoms with E-state index in [0.717, 1.165) is 22.2 Å². The van der Waals surface area contributed by atoms with Crippen LogP contribution in [0.25, 0.3) is 22.2 Å². The monoisotopic (exact) mass is 373 g/mol. The van der Waals surface area contributed by atoms with Gasteiger partial charge in [-0.15, -0.1) is 11.3 Å². The van der Waals surface area contributed by atoms with E-state index < -0.39 is 5.92 Å². The number of fused-ring (bicyclic) bond motifs is 1. The smallest absolute Gasteiger partial charge is 0.203 e. The molecule has 0 radical (unpaired) electrons. The van der Waals surface area contributed by atoms with Gasteiger partial charge in [0.15, 0.2) is 5.92 Å². The van der Waals surface area contributed by atoms with Crippen molar-refractivity contribution in [1.29, 1.82) is 5.26 Å². The SMILES string of the molecule is COc1ccc2cc(C(=O)[C@H](C#N)c3nc(-c4ccccc4)cs3)[nH]c2c1. The Bertz CT molecular complexity index is 1160. The van der Waals surface area contributed by atoms with Crippen LogP contribution >= 0.6 is 11.3 Å². The molecule has 1 atom stereocenters. The molecule has 0 unspecified atom stereocenters. The molecule has 4 rings (SSSR count). The van der Waals surface area contributed by atoms with Crippen molar-refractivity contribution in [3.63, 3.8) is 0 Å². The molecular weight excluding hydrogens is 358 g/mol. The van der Waals surface area contributed by atoms with Gasteiger partial charge in [0.2, 0.25) is 5.78 Å². The van der Waals surface area contributed by atoms with E-state index >= 15 is 0 Å². The van der Waals surface area contributed by atoms with Gasteiger partial charge in [0, 0.05) is 27.9 Å². The molecule has 0 spiro atoms. The first-order chi connectivity index (χ1) is 13.2. The van der Waals surface area contributed by atoms with E-state index in [-0.39, 0.29) is 5.78 Å². The Balaban J connectivity index is 1.66. The molecule has 0 aliphatic carbocycles. The second-order valence-electron chi connectivity index (χ2n) is 6.00. The number of aromatic amines is 1. The van der Waals surface area contributed by atoms with Crippen LogP contribution in [0.1, 0.15) is 21.4 Å². The van der Waals surface area contributed by atoms with Gasteiger partial charge in [0.1, 0.15) is 10.8 Å². The Morgan fingerprint density at radius 3 is 2.78 bits per heavy atom. The summed E-state index contributed by atoms with van der Waals surface area (Å²) >= 11 is 1.32. The summed E-state index contributed by atoms with van der Waals surface area (Å²) in [6.07, 6.45) is 0. The molecule has 6 heteroatoms. The summed E-state index contributed by atoms with van der Waals surface area (Å²) in [6.45, 7) is 0. The lowest BCUT2D eigenvalue weighted by Crippen LogP contribution is -2.11. The van der Waals surface area contributed by atoms with Crippen LogP contribution in [-0.4, -0.2) is 22.9 Å². The number of ketones is 1. The van der Waals surface area contributed by atoms with Crippen molar-refractivity contribution in [3.05, 3.63) is 70.7 Å². The number of H-pyrrole nitrogens is 1. The number of Topliss-reactive ketones (excluding diaryl/α,β-unsaturated/α-hetero) is 1. The van der Waals surface area contributed by atoms with Gasteiger partial charge in [0.25, 0.3) is 0 Å². The van der Waals surface area contributed by atoms with E-state index in [1.807, 2.05) is 53.9 Å². The van der Waals surface area contributed by atoms with E-state index in [4.69, 9.17) is 4.74 Å². The number of carbonyl (C=O) groups is 1. The van der Waals surface area contributed by atoms with Crippen LogP contribution in [0.2, 0.25) is 0 Å². The first-order valence-corrected chi connectivity index (χ1v) is 9.19. The molecule has 2 aromatic heterocycles. The summed E-state index contributed by atoms with van der Waals surface area (Å²) in [7, 11) is 1.59. The van der Waals surface area contributed by atoms with Gasteiger partial charge in [-0.3, -0.25) is 4.79 Å². The van der Waals surface area contributed by atoms with E-state index in [2.05, 4.69) is 16.0 Å². The average molecular weight is 373 g/mol. The first kappa shape index (κ1) is 17.0. The third-order valence-electron chi connectivity index (χ3n) is 4.32. The molecule has 0 saturated carbocycles. The number of hydrogen-bond acceptors (Lipinski definition) is 5. The summed E-state index contributed by atoms with van der Waals surface area (Å²) in [5.41, 5.74) is 2.91. The number of nitriles is 1. The van der Waals surface area contributed by atoms with Gasteiger partial charge in [-0.1, -0.05) is 30.3 Å². The minimum absolute atomic E-state index is 0.290. The van der Waals surface area contributed by atoms with Crippen LogP contribution in [0.5, 0.6) is 5.75 Å². The topological polar surface area (TPSA) is 78.8 Å². The van der Waals surface area contributed by atoms with Crippen molar-refractivity contribution in [2.75, 3.05) is 7.11 Å². The molecule has 2 heterocycles. The molecule has 0 amide bonds. The van der Waals surface area contributed by atoms with Gasteiger partial charge < -0.3 is 9.72 Å². The van der Waals surface area contributed by atoms with Crippen molar-refractivity contribution in [3.8, 4) is 23.1 Å². The highest BCUT2D eigenvalue weighted by molar-refractivity contribution is 7.10. The highest BCUT2D eigenvalue weighted by Gasteiger charge is 2.26. The van der Waals surface area contributed by atoms with Crippen molar-refractivity contribution in [2.45, 2.75) is 5.92 Å². The lowest BCUT2D eigenvalue weighted by molar-refractivity contribution is 0.0975. The van der Waals surface area contributed by atoms with E-state index in [9.17, 15) is 10.1 Å². The Hall–Kier alpha value is -3.43. The quantitative estimate of drug-likeness (QED) is 0.510. The van der Waals surface area contributed by atoms with Crippen LogP contribution in [0.3, 0.4) is 0 Å². The number of rotatable bonds is 5. The van der Waals surface area contributed by atoms with Crippen molar-refractivity contribution in [2.24, 2.45) is 0 Å². The number of methoxy groups -OCH3 is 1. The van der Waals surface area contributed by atoms with E-state index in [1.165, 1.54) is 11.3 Å². The summed E-state index contributed by atoms with van der Waals surface area (Å²) in [5, 5.41) is 12.9. The number of aromatic nitrogens is 2. The molecule has 0 fully saturated rings. The Morgan fingerprint density at radius 2 is 2.04 bits per heavy atom. The lowest BCUT2D eigenvalue weighted by atomic mass is 10.0. The average Bonchev–Trinajstić information content (AvgIpc) is 3.36. The molecule has 0 aliphatic heterocycles. The molecule has 2 aromatic carbocycles. The fourth-order valence-corrected chi connectivity index (χ4v) is 3.78. The van der Waals surface area contributed by atoms with Crippen molar-refractivity contribution >= 4 is 28.0 Å². The Morgan fingerprint density at radius 1 is 1.22 bits per heavy atom. The summed E-state index contributed by atoms with van der Waals surface area (Å²) in [5.74, 6) is -0.531. The van der Waals surface area contributed by atoms with Crippen molar-refractivity contribution in [1.82, 2.24) is 9.97 Å². The highest BCUT2D eigenvalue weighted by atomic mass is 32.1. The van der Waals surface area contributed by atoms with Gasteiger partial charge in [-0.25, -0.2) is 4.98 Å². The number of ether oxygens (including phenoxy) is 1. The zero-order valence-corrected chi connectivity index (χ0v) is 15.3. The normalized spacial score (nSPS) is 11.9. The molecule has 0 aliphatic rings. The highest BCUT2D eigenvalue weighted by Crippen LogP contribution is 2.29. The molecule has 0 bridgehead atoms. The molecule has 1 N–H and O–H groups in total. The van der Waals surface area contributed by atoms with Crippen LogP contribution < -0.4 is 4.74 Å². The molecular formula is C21H15N3O2S. The molecule has 0 saturated heterocycles. The second-order valence-corrected chi connectivity index (χ2v) is 6.89. The number of hydrogen-bond donors (Lipinski definition) is 1. The maximum absolute atomic E-state index is 12.9. The number of nitrogens with one attached hydrogen (secondary N) is 1. The van der Waals surface area contributed by atoms with Gasteiger partial charge in [-0.2, -0.15) is 5.26 Å². The summed E-state index contributed by atoms with van der Waals surface area (Å²) < 4.78 is 5.21. The van der Waals surface area contributed by atoms with Crippen LogP contribution in [0, 0.1) is 11.3 Å². The number of thiazole rings is 1. The minimum Gasteiger partial charge on any atom is -0.497 e. The van der Waals surface area contributed by atoms with E-state index in [1.54, 1.807) is 13.2 Å². The summed E-state index contributed by atoms with van der Waals surface area (Å²) in [4.78, 5) is 20.5. The van der Waals surface area contributed by atoms with Gasteiger partial charge >= 0.3 is 0 Å². The van der Waals surface area contributed by atoms with Gasteiger partial charge in [0.05, 0.1) is 24.6 Å². The number of nitrogens with zero attached hydrogens (tertiary/aromatic N) is 2. The van der Waals surface area contributed by atoms with Crippen LogP contribution in [0.4, 0.5) is 0 Å². The number of carbonyl (C=O) groups excluding carboxylic acids is 1. The number of benzene rings is 2. The molecule has 132 valence electrons. The standard InChI is InChI=1S/C21H15N3O2S/c1-26-15-8-7-14-9-18(23-17(14)10-15)20(25)16(11-22)21-24-19(12-27-21)13-5-3-2-4-6-13/h2-10,12,16,23H,1H3/t16-/m0/s1. The lowest BCUT2D eigenvalue weighted by Gasteiger charge is -2.03. The predicted octanol–water partition coefficient (Wildman–Crippen LogP) is 4.79. The second kappa shape index (κ2) is 7.06. The molecule has 5 nitrogen and oxygen atoms in total. The minimum atomic E-state index is -0.942. The molecule has 27 heavy (non-hydrogen) atoms. The summed E-state index contributed by atoms with van der Waals surface area (Å²) in [6, 6.07) is 19.1. The van der Waals surface area contributed by atoms with Gasteiger partial charge in [-0.05, 0) is 18.2 Å². The maximum atomic E-state index is 12.9. The van der Waals surface area contributed by atoms with Crippen LogP contribution in [0.15, 0.2) is 60.0 Å². The van der Waals surface area contributed by atoms with Crippen molar-refractivity contribution < 1.29 is 9.53 Å². The third kappa shape index (κ3) is 3.21. The fraction of sp³-hybridized carbons (Fsp3) is 0.0952.